The van der Waals surface area contributed by atoms with Crippen LogP contribution in [0.15, 0.2) is 30.3 Å². The van der Waals surface area contributed by atoms with Gasteiger partial charge in [0.1, 0.15) is 0 Å². The third kappa shape index (κ3) is 4.46. The number of aryl methyl sites for hydroxylation is 1. The van der Waals surface area contributed by atoms with Crippen LogP contribution in [-0.2, 0) is 0 Å². The number of nitrogens with one attached hydrogen (secondary N) is 1. The second kappa shape index (κ2) is 9.00. The quantitative estimate of drug-likeness (QED) is 0.846. The number of hydrogen-bond donors (Lipinski definition) is 2. The average molecular weight is 332 g/mol. The fraction of sp³-hybridized carbons (Fsp3) is 0.550. The Morgan fingerprint density at radius 1 is 1.25 bits per heavy atom. The van der Waals surface area contributed by atoms with E-state index in [2.05, 4.69) is 41.2 Å². The predicted molar refractivity (Wildman–Crippen MR) is 105 cm³/mol. The number of pyridine rings is 1. The van der Waals surface area contributed by atoms with E-state index < -0.39 is 11.6 Å². The van der Waals surface area contributed by atoms with Crippen LogP contribution >= 0.6 is 0 Å². The molecule has 2 N–H and O–H groups in total. The Kier molecular flexibility index (Phi) is 7.64. The van der Waals surface area contributed by atoms with E-state index in [1.54, 1.807) is 0 Å². The van der Waals surface area contributed by atoms with Gasteiger partial charge >= 0.3 is 0 Å². The molecule has 4 heteroatoms. The predicted octanol–water partition coefficient (Wildman–Crippen LogP) is 3.75. The zero-order chi connectivity index (χ0) is 18.3. The van der Waals surface area contributed by atoms with E-state index in [4.69, 9.17) is 0 Å². The number of rotatable bonds is 6. The molecule has 0 radical (unpaired) electrons. The maximum Gasteiger partial charge on any atom is 0.0890 e. The Morgan fingerprint density at radius 2 is 1.88 bits per heavy atom. The summed E-state index contributed by atoms with van der Waals surface area (Å²) in [5.74, 6) is 0. The first-order valence-electron chi connectivity index (χ1n) is 8.87. The van der Waals surface area contributed by atoms with Crippen molar-refractivity contribution in [2.45, 2.75) is 53.2 Å². The van der Waals surface area contributed by atoms with E-state index in [0.29, 0.717) is 6.54 Å². The summed E-state index contributed by atoms with van der Waals surface area (Å²) in [6.07, 6.45) is -0.468. The first-order chi connectivity index (χ1) is 11.4. The summed E-state index contributed by atoms with van der Waals surface area (Å²) in [6, 6.07) is 10.2. The smallest absolute Gasteiger partial charge is 0.0890 e. The van der Waals surface area contributed by atoms with E-state index in [0.717, 1.165) is 28.8 Å². The number of nitrogens with zero attached hydrogens (tertiary/aromatic N) is 2. The van der Waals surface area contributed by atoms with Crippen LogP contribution in [0.2, 0.25) is 0 Å². The molecule has 0 fully saturated rings. The number of anilines is 1. The summed E-state index contributed by atoms with van der Waals surface area (Å²) >= 11 is 0. The molecule has 24 heavy (non-hydrogen) atoms. The molecule has 0 aliphatic rings. The van der Waals surface area contributed by atoms with Gasteiger partial charge in [0.25, 0.3) is 0 Å². The number of aliphatic hydroxyl groups excluding tert-OH is 1. The van der Waals surface area contributed by atoms with Crippen LogP contribution in [0, 0.1) is 6.92 Å². The number of aromatic nitrogens is 1. The molecule has 1 aromatic carbocycles. The Bertz CT molecular complexity index is 640. The number of hydrogen-bond acceptors (Lipinski definition) is 4. The third-order valence-corrected chi connectivity index (χ3v) is 4.45. The van der Waals surface area contributed by atoms with Crippen molar-refractivity contribution in [3.63, 3.8) is 0 Å². The third-order valence-electron chi connectivity index (χ3n) is 4.45. The number of benzene rings is 1. The fourth-order valence-electron chi connectivity index (χ4n) is 2.63. The molecule has 2 rings (SSSR count). The molecular formula is C20H33N3O. The molecular weight excluding hydrogens is 298 g/mol. The number of aliphatic hydroxyl groups is 1. The van der Waals surface area contributed by atoms with Gasteiger partial charge in [-0.2, -0.15) is 0 Å². The zero-order valence-electron chi connectivity index (χ0n) is 16.2. The van der Waals surface area contributed by atoms with Crippen molar-refractivity contribution < 1.29 is 5.11 Å². The summed E-state index contributed by atoms with van der Waals surface area (Å²) < 4.78 is 0. The van der Waals surface area contributed by atoms with E-state index in [-0.39, 0.29) is 0 Å². The van der Waals surface area contributed by atoms with Crippen molar-refractivity contribution in [2.24, 2.45) is 0 Å². The maximum atomic E-state index is 10.6. The van der Waals surface area contributed by atoms with Crippen molar-refractivity contribution in [3.8, 4) is 0 Å². The largest absolute Gasteiger partial charge is 0.389 e. The highest BCUT2D eigenvalue weighted by atomic mass is 16.3. The summed E-state index contributed by atoms with van der Waals surface area (Å²) in [6.45, 7) is 13.6. The average Bonchev–Trinajstić information content (AvgIpc) is 2.59. The Labute approximate surface area is 146 Å². The molecule has 1 aromatic heterocycles. The van der Waals surface area contributed by atoms with Gasteiger partial charge in [-0.05, 0) is 39.4 Å². The topological polar surface area (TPSA) is 48.4 Å². The van der Waals surface area contributed by atoms with Gasteiger partial charge in [-0.25, -0.2) is 0 Å². The van der Waals surface area contributed by atoms with E-state index >= 15 is 0 Å². The van der Waals surface area contributed by atoms with Gasteiger partial charge < -0.3 is 15.3 Å². The van der Waals surface area contributed by atoms with Crippen molar-refractivity contribution >= 4 is 16.6 Å². The Balaban J connectivity index is 0.00000139. The lowest BCUT2D eigenvalue weighted by molar-refractivity contribution is 0.100. The molecule has 1 heterocycles. The molecule has 1 unspecified atom stereocenters. The molecule has 134 valence electrons. The van der Waals surface area contributed by atoms with E-state index in [9.17, 15) is 5.11 Å². The lowest BCUT2D eigenvalue weighted by atomic mass is 9.93. The number of fused-ring (bicyclic) bond motifs is 1. The minimum atomic E-state index is -0.468. The molecule has 0 saturated carbocycles. The summed E-state index contributed by atoms with van der Waals surface area (Å²) in [4.78, 5) is 6.75. The molecule has 4 nitrogen and oxygen atoms in total. The normalized spacial score (nSPS) is 12.5. The van der Waals surface area contributed by atoms with Gasteiger partial charge in [0.15, 0.2) is 0 Å². The van der Waals surface area contributed by atoms with Crippen LogP contribution in [0.5, 0.6) is 0 Å². The lowest BCUT2D eigenvalue weighted by Gasteiger charge is -2.41. The van der Waals surface area contributed by atoms with Crippen molar-refractivity contribution in [1.29, 1.82) is 0 Å². The van der Waals surface area contributed by atoms with Gasteiger partial charge in [0, 0.05) is 30.4 Å². The minimum Gasteiger partial charge on any atom is -0.389 e. The second-order valence-corrected chi connectivity index (χ2v) is 6.34. The van der Waals surface area contributed by atoms with Crippen molar-refractivity contribution in [2.75, 3.05) is 25.0 Å². The highest BCUT2D eigenvalue weighted by Gasteiger charge is 2.33. The van der Waals surface area contributed by atoms with E-state index in [1.165, 1.54) is 0 Å². The molecule has 0 spiro atoms. The van der Waals surface area contributed by atoms with Crippen LogP contribution in [-0.4, -0.2) is 41.9 Å². The SMILES string of the molecule is CC.CCNCC(O)C(C)(C)N(C)c1cc(C)nc2ccccc12. The first kappa shape index (κ1) is 20.4. The first-order valence-corrected chi connectivity index (χ1v) is 8.87. The van der Waals surface area contributed by atoms with Crippen LogP contribution < -0.4 is 10.2 Å². The fourth-order valence-corrected chi connectivity index (χ4v) is 2.63. The maximum absolute atomic E-state index is 10.6. The summed E-state index contributed by atoms with van der Waals surface area (Å²) in [5.41, 5.74) is 2.68. The molecule has 0 aliphatic carbocycles. The number of para-hydroxylation sites is 1. The molecule has 2 aromatic rings. The van der Waals surface area contributed by atoms with Crippen molar-refractivity contribution in [3.05, 3.63) is 36.0 Å². The molecule has 0 aliphatic heterocycles. The minimum absolute atomic E-state index is 0.390. The standard InChI is InChI=1S/C18H27N3O.C2H6/c1-6-19-12-17(22)18(3,4)21(5)16-11-13(2)20-15-10-8-7-9-14(15)16;1-2/h7-11,17,19,22H,6,12H2,1-5H3;1-2H3. The molecule has 0 saturated heterocycles. The molecule has 1 atom stereocenters. The van der Waals surface area contributed by atoms with Gasteiger partial charge in [-0.1, -0.05) is 39.0 Å². The second-order valence-electron chi connectivity index (χ2n) is 6.34. The zero-order valence-corrected chi connectivity index (χ0v) is 16.2. The van der Waals surface area contributed by atoms with Crippen LogP contribution in [0.4, 0.5) is 5.69 Å². The van der Waals surface area contributed by atoms with Crippen molar-refractivity contribution in [1.82, 2.24) is 10.3 Å². The van der Waals surface area contributed by atoms with Gasteiger partial charge in [-0.15, -0.1) is 0 Å². The Hall–Kier alpha value is -1.65. The summed E-state index contributed by atoms with van der Waals surface area (Å²) in [7, 11) is 2.04. The number of likely N-dealkylation sites (N-methyl/N-ethyl adjacent to an activating group) is 2. The molecule has 0 amide bonds. The van der Waals surface area contributed by atoms with Gasteiger partial charge in [0.05, 0.1) is 17.2 Å². The van der Waals surface area contributed by atoms with Crippen LogP contribution in [0.1, 0.15) is 40.3 Å². The Morgan fingerprint density at radius 3 is 2.50 bits per heavy atom. The van der Waals surface area contributed by atoms with E-state index in [1.807, 2.05) is 52.9 Å². The lowest BCUT2D eigenvalue weighted by Crippen LogP contribution is -2.54. The monoisotopic (exact) mass is 331 g/mol. The summed E-state index contributed by atoms with van der Waals surface area (Å²) in [5, 5.41) is 14.9. The van der Waals surface area contributed by atoms with Gasteiger partial charge in [-0.3, -0.25) is 4.98 Å². The highest BCUT2D eigenvalue weighted by molar-refractivity contribution is 5.92. The molecule has 0 bridgehead atoms. The van der Waals surface area contributed by atoms with Crippen LogP contribution in [0.25, 0.3) is 10.9 Å². The van der Waals surface area contributed by atoms with Crippen LogP contribution in [0.3, 0.4) is 0 Å². The van der Waals surface area contributed by atoms with Gasteiger partial charge in [0.2, 0.25) is 0 Å². The highest BCUT2D eigenvalue weighted by Crippen LogP contribution is 2.31.